The molecule has 1 saturated heterocycles. The maximum absolute atomic E-state index is 12.3. The summed E-state index contributed by atoms with van der Waals surface area (Å²) in [6, 6.07) is 1.93. The second-order valence-corrected chi connectivity index (χ2v) is 8.81. The Morgan fingerprint density at radius 3 is 2.97 bits per heavy atom. The topological polar surface area (TPSA) is 71.0 Å². The number of nitrogens with zero attached hydrogens (tertiary/aromatic N) is 4. The van der Waals surface area contributed by atoms with Crippen LogP contribution in [0.15, 0.2) is 41.1 Å². The summed E-state index contributed by atoms with van der Waals surface area (Å²) in [6.45, 7) is 1.70. The predicted molar refractivity (Wildman–Crippen MR) is 121 cm³/mol. The molecule has 0 unspecified atom stereocenters. The predicted octanol–water partition coefficient (Wildman–Crippen LogP) is 4.26. The molecule has 0 radical (unpaired) electrons. The molecule has 3 aromatic heterocycles. The van der Waals surface area contributed by atoms with Crippen LogP contribution >= 0.6 is 34.7 Å². The van der Waals surface area contributed by atoms with E-state index in [0.29, 0.717) is 5.02 Å². The number of rotatable bonds is 5. The molecule has 1 amide bonds. The van der Waals surface area contributed by atoms with E-state index in [1.807, 2.05) is 0 Å². The van der Waals surface area contributed by atoms with Gasteiger partial charge in [-0.3, -0.25) is 9.78 Å². The van der Waals surface area contributed by atoms with Crippen molar-refractivity contribution in [2.45, 2.75) is 23.8 Å². The van der Waals surface area contributed by atoms with Gasteiger partial charge in [-0.15, -0.1) is 23.1 Å². The quantitative estimate of drug-likeness (QED) is 0.467. The standard InChI is InChI=1S/C20H20ClN5OS2/c1-28-16-11-29-19-18(16)23-12-24-20(19)26-8-5-14(6-9-26)25-17(27)3-2-13-4-7-22-10-15(13)21/h2-4,7,10-12,14H,5-6,8-9H2,1H3,(H,25,27)/b3-2+. The van der Waals surface area contributed by atoms with Gasteiger partial charge in [-0.2, -0.15) is 0 Å². The summed E-state index contributed by atoms with van der Waals surface area (Å²) < 4.78 is 1.14. The summed E-state index contributed by atoms with van der Waals surface area (Å²) >= 11 is 9.47. The first kappa shape index (κ1) is 20.1. The van der Waals surface area contributed by atoms with Crippen molar-refractivity contribution in [2.24, 2.45) is 0 Å². The molecule has 0 aliphatic carbocycles. The molecule has 1 aliphatic heterocycles. The molecule has 1 fully saturated rings. The number of carbonyl (C=O) groups excluding carboxylic acids is 1. The minimum atomic E-state index is -0.108. The number of hydrogen-bond acceptors (Lipinski definition) is 7. The minimum Gasteiger partial charge on any atom is -0.355 e. The lowest BCUT2D eigenvalue weighted by Crippen LogP contribution is -2.44. The van der Waals surface area contributed by atoms with E-state index < -0.39 is 0 Å². The van der Waals surface area contributed by atoms with Gasteiger partial charge in [0.15, 0.2) is 0 Å². The SMILES string of the molecule is CSc1csc2c(N3CCC(NC(=O)/C=C/c4ccncc4Cl)CC3)ncnc12. The van der Waals surface area contributed by atoms with Gasteiger partial charge < -0.3 is 10.2 Å². The Labute approximate surface area is 182 Å². The third kappa shape index (κ3) is 4.55. The Bertz CT molecular complexity index is 1050. The molecular weight excluding hydrogens is 426 g/mol. The van der Waals surface area contributed by atoms with Gasteiger partial charge in [0, 0.05) is 47.9 Å². The van der Waals surface area contributed by atoms with Crippen LogP contribution in [-0.2, 0) is 4.79 Å². The van der Waals surface area contributed by atoms with Crippen molar-refractivity contribution >= 4 is 62.7 Å². The number of hydrogen-bond donors (Lipinski definition) is 1. The molecule has 150 valence electrons. The summed E-state index contributed by atoms with van der Waals surface area (Å²) in [5.41, 5.74) is 1.81. The van der Waals surface area contributed by atoms with E-state index in [9.17, 15) is 4.79 Å². The van der Waals surface area contributed by atoms with Crippen LogP contribution in [0.2, 0.25) is 5.02 Å². The fraction of sp³-hybridized carbons (Fsp3) is 0.300. The second kappa shape index (κ2) is 9.11. The normalized spacial score (nSPS) is 15.3. The first-order chi connectivity index (χ1) is 14.2. The van der Waals surface area contributed by atoms with E-state index >= 15 is 0 Å². The molecule has 0 spiro atoms. The van der Waals surface area contributed by atoms with Crippen LogP contribution < -0.4 is 10.2 Å². The Hall–Kier alpha value is -2.16. The summed E-state index contributed by atoms with van der Waals surface area (Å²) in [7, 11) is 0. The van der Waals surface area contributed by atoms with Crippen molar-refractivity contribution in [3.8, 4) is 0 Å². The van der Waals surface area contributed by atoms with Gasteiger partial charge in [0.25, 0.3) is 0 Å². The Kier molecular flexibility index (Phi) is 6.32. The van der Waals surface area contributed by atoms with E-state index in [1.54, 1.807) is 54.0 Å². The van der Waals surface area contributed by atoms with Crippen LogP contribution in [0.4, 0.5) is 5.82 Å². The zero-order chi connectivity index (χ0) is 20.2. The van der Waals surface area contributed by atoms with Gasteiger partial charge in [0.2, 0.25) is 5.91 Å². The van der Waals surface area contributed by atoms with Crippen LogP contribution in [0.3, 0.4) is 0 Å². The highest BCUT2D eigenvalue weighted by Crippen LogP contribution is 2.36. The monoisotopic (exact) mass is 445 g/mol. The molecule has 0 aromatic carbocycles. The zero-order valence-electron chi connectivity index (χ0n) is 15.8. The van der Waals surface area contributed by atoms with Crippen molar-refractivity contribution in [1.82, 2.24) is 20.3 Å². The molecule has 1 N–H and O–H groups in total. The zero-order valence-corrected chi connectivity index (χ0v) is 18.2. The molecule has 0 bridgehead atoms. The number of pyridine rings is 1. The van der Waals surface area contributed by atoms with Crippen molar-refractivity contribution in [2.75, 3.05) is 24.2 Å². The molecule has 1 aliphatic rings. The summed E-state index contributed by atoms with van der Waals surface area (Å²) in [5, 5.41) is 5.75. The number of halogens is 1. The van der Waals surface area contributed by atoms with Crippen LogP contribution in [0, 0.1) is 0 Å². The number of piperidine rings is 1. The number of thiophene rings is 1. The lowest BCUT2D eigenvalue weighted by molar-refractivity contribution is -0.117. The maximum atomic E-state index is 12.3. The molecule has 6 nitrogen and oxygen atoms in total. The number of fused-ring (bicyclic) bond motifs is 1. The number of anilines is 1. The number of carbonyl (C=O) groups is 1. The summed E-state index contributed by atoms with van der Waals surface area (Å²) in [4.78, 5) is 28.7. The molecular formula is C20H20ClN5OS2. The Morgan fingerprint density at radius 2 is 2.21 bits per heavy atom. The third-order valence-electron chi connectivity index (χ3n) is 4.88. The molecule has 3 aromatic rings. The second-order valence-electron chi connectivity index (χ2n) is 6.68. The Balaban J connectivity index is 1.36. The first-order valence-corrected chi connectivity index (χ1v) is 11.7. The van der Waals surface area contributed by atoms with Crippen LogP contribution in [-0.4, -0.2) is 46.2 Å². The van der Waals surface area contributed by atoms with Crippen molar-refractivity contribution in [3.63, 3.8) is 0 Å². The molecule has 4 rings (SSSR count). The Morgan fingerprint density at radius 1 is 1.38 bits per heavy atom. The lowest BCUT2D eigenvalue weighted by atomic mass is 10.0. The van der Waals surface area contributed by atoms with Gasteiger partial charge in [-0.05, 0) is 36.8 Å². The van der Waals surface area contributed by atoms with Gasteiger partial charge in [0.05, 0.1) is 9.72 Å². The average Bonchev–Trinajstić information content (AvgIpc) is 3.17. The van der Waals surface area contributed by atoms with E-state index in [2.05, 4.69) is 36.8 Å². The smallest absolute Gasteiger partial charge is 0.244 e. The molecule has 4 heterocycles. The highest BCUT2D eigenvalue weighted by Gasteiger charge is 2.23. The largest absolute Gasteiger partial charge is 0.355 e. The first-order valence-electron chi connectivity index (χ1n) is 9.25. The van der Waals surface area contributed by atoms with Crippen molar-refractivity contribution < 1.29 is 4.79 Å². The van der Waals surface area contributed by atoms with Crippen molar-refractivity contribution in [1.29, 1.82) is 0 Å². The van der Waals surface area contributed by atoms with E-state index in [-0.39, 0.29) is 11.9 Å². The minimum absolute atomic E-state index is 0.108. The van der Waals surface area contributed by atoms with E-state index in [1.165, 1.54) is 11.0 Å². The number of aromatic nitrogens is 3. The summed E-state index contributed by atoms with van der Waals surface area (Å²) in [5.74, 6) is 0.890. The average molecular weight is 446 g/mol. The molecule has 0 saturated carbocycles. The van der Waals surface area contributed by atoms with E-state index in [4.69, 9.17) is 11.6 Å². The van der Waals surface area contributed by atoms with Crippen molar-refractivity contribution in [3.05, 3.63) is 46.8 Å². The van der Waals surface area contributed by atoms with E-state index in [0.717, 1.165) is 47.5 Å². The molecule has 9 heteroatoms. The fourth-order valence-corrected chi connectivity index (χ4v) is 5.38. The number of amides is 1. The van der Waals surface area contributed by atoms with Crippen LogP contribution in [0.25, 0.3) is 16.3 Å². The number of nitrogens with one attached hydrogen (secondary N) is 1. The molecule has 0 atom stereocenters. The van der Waals surface area contributed by atoms with Crippen LogP contribution in [0.5, 0.6) is 0 Å². The highest BCUT2D eigenvalue weighted by molar-refractivity contribution is 7.99. The lowest BCUT2D eigenvalue weighted by Gasteiger charge is -2.33. The van der Waals surface area contributed by atoms with Crippen LogP contribution in [0.1, 0.15) is 18.4 Å². The maximum Gasteiger partial charge on any atom is 0.244 e. The van der Waals surface area contributed by atoms with Gasteiger partial charge in [-0.25, -0.2) is 9.97 Å². The third-order valence-corrected chi connectivity index (χ3v) is 7.06. The van der Waals surface area contributed by atoms with Gasteiger partial charge in [-0.1, -0.05) is 11.6 Å². The fourth-order valence-electron chi connectivity index (χ4n) is 3.36. The number of thioether (sulfide) groups is 1. The highest BCUT2D eigenvalue weighted by atomic mass is 35.5. The summed E-state index contributed by atoms with van der Waals surface area (Å²) in [6.07, 6.45) is 11.9. The van der Waals surface area contributed by atoms with Gasteiger partial charge >= 0.3 is 0 Å². The van der Waals surface area contributed by atoms with Gasteiger partial charge in [0.1, 0.15) is 17.7 Å². The molecule has 29 heavy (non-hydrogen) atoms.